The number of hydrogen-bond acceptors (Lipinski definition) is 5. The number of aliphatic carboxylic acids is 1. The highest BCUT2D eigenvalue weighted by Crippen LogP contribution is 2.31. The van der Waals surface area contributed by atoms with Crippen LogP contribution in [0.1, 0.15) is 36.7 Å². The van der Waals surface area contributed by atoms with Crippen LogP contribution in [0, 0.1) is 11.6 Å². The van der Waals surface area contributed by atoms with Crippen LogP contribution in [0.15, 0.2) is 60.7 Å². The second-order valence-electron chi connectivity index (χ2n) is 9.12. The number of benzene rings is 3. The normalized spacial score (nSPS) is 16.8. The summed E-state index contributed by atoms with van der Waals surface area (Å²) in [6.07, 6.45) is -0.311. The molecule has 1 unspecified atom stereocenters. The topological polar surface area (TPSA) is 96.9 Å². The fourth-order valence-corrected chi connectivity index (χ4v) is 3.81. The van der Waals surface area contributed by atoms with Crippen molar-refractivity contribution in [3.63, 3.8) is 0 Å². The first-order chi connectivity index (χ1) is 17.1. The summed E-state index contributed by atoms with van der Waals surface area (Å²) in [6.45, 7) is 4.82. The minimum atomic E-state index is -1.52. The molecule has 0 radical (unpaired) electrons. The number of halogens is 2. The molecule has 0 bridgehead atoms. The van der Waals surface area contributed by atoms with Gasteiger partial charge in [-0.3, -0.25) is 9.59 Å². The van der Waals surface area contributed by atoms with Crippen molar-refractivity contribution in [1.82, 2.24) is 0 Å². The van der Waals surface area contributed by atoms with Gasteiger partial charge in [-0.15, -0.1) is 0 Å². The van der Waals surface area contributed by atoms with E-state index in [1.54, 1.807) is 0 Å². The largest absolute Gasteiger partial charge is 0.490 e. The molecule has 0 fully saturated rings. The van der Waals surface area contributed by atoms with Gasteiger partial charge >= 0.3 is 5.97 Å². The van der Waals surface area contributed by atoms with Crippen LogP contribution in [0.4, 0.5) is 20.2 Å². The van der Waals surface area contributed by atoms with Gasteiger partial charge in [-0.05, 0) is 63.2 Å². The Morgan fingerprint density at radius 1 is 1.08 bits per heavy atom. The van der Waals surface area contributed by atoms with Gasteiger partial charge < -0.3 is 25.2 Å². The summed E-state index contributed by atoms with van der Waals surface area (Å²) in [5.41, 5.74) is -0.840. The molecule has 188 valence electrons. The van der Waals surface area contributed by atoms with E-state index < -0.39 is 28.9 Å². The molecule has 36 heavy (non-hydrogen) atoms. The average molecular weight is 497 g/mol. The van der Waals surface area contributed by atoms with Crippen molar-refractivity contribution in [1.29, 1.82) is 0 Å². The highest BCUT2D eigenvalue weighted by atomic mass is 19.1. The molecule has 2 atom stereocenters. The number of ether oxygens (including phenoxy) is 2. The highest BCUT2D eigenvalue weighted by molar-refractivity contribution is 6.04. The maximum absolute atomic E-state index is 14.8. The lowest BCUT2D eigenvalue weighted by Crippen LogP contribution is -2.43. The zero-order valence-electron chi connectivity index (χ0n) is 20.0. The Morgan fingerprint density at radius 2 is 1.83 bits per heavy atom. The summed E-state index contributed by atoms with van der Waals surface area (Å²) in [7, 11) is 0. The SMILES string of the molecule is CC1Nc2ccccc2O[C@@H]1COc1ccc(C(=O)Nc2ccc(F)c(C(C)(C)C(=O)O)c2)c(F)c1. The summed E-state index contributed by atoms with van der Waals surface area (Å²) in [6, 6.07) is 14.9. The number of carbonyl (C=O) groups is 2. The lowest BCUT2D eigenvalue weighted by Gasteiger charge is -2.32. The van der Waals surface area contributed by atoms with Crippen LogP contribution in [-0.4, -0.2) is 35.7 Å². The Balaban J connectivity index is 1.42. The molecule has 3 aromatic rings. The number of anilines is 2. The van der Waals surface area contributed by atoms with Gasteiger partial charge in [0.15, 0.2) is 6.10 Å². The maximum Gasteiger partial charge on any atom is 0.313 e. The van der Waals surface area contributed by atoms with E-state index in [1.165, 1.54) is 38.1 Å². The van der Waals surface area contributed by atoms with E-state index >= 15 is 0 Å². The van der Waals surface area contributed by atoms with E-state index in [2.05, 4.69) is 10.6 Å². The number of hydrogen-bond donors (Lipinski definition) is 3. The van der Waals surface area contributed by atoms with E-state index in [0.717, 1.165) is 17.8 Å². The maximum atomic E-state index is 14.8. The summed E-state index contributed by atoms with van der Waals surface area (Å²) < 4.78 is 40.7. The molecule has 0 spiro atoms. The van der Waals surface area contributed by atoms with Crippen molar-refractivity contribution in [3.8, 4) is 11.5 Å². The third-order valence-electron chi connectivity index (χ3n) is 6.14. The van der Waals surface area contributed by atoms with Crippen molar-refractivity contribution >= 4 is 23.3 Å². The third kappa shape index (κ3) is 5.10. The van der Waals surface area contributed by atoms with Gasteiger partial charge in [0.25, 0.3) is 5.91 Å². The molecule has 7 nitrogen and oxygen atoms in total. The number of carboxylic acid groups (broad SMARTS) is 1. The van der Waals surface area contributed by atoms with E-state index in [-0.39, 0.29) is 41.3 Å². The van der Waals surface area contributed by atoms with E-state index in [1.807, 2.05) is 31.2 Å². The summed E-state index contributed by atoms with van der Waals surface area (Å²) in [5, 5.41) is 15.2. The molecule has 3 aromatic carbocycles. The molecule has 1 aliphatic rings. The number of rotatable bonds is 7. The minimum absolute atomic E-state index is 0.0403. The molecular formula is C27H26F2N2O5. The second-order valence-corrected chi connectivity index (χ2v) is 9.12. The van der Waals surface area contributed by atoms with Crippen LogP contribution in [0.5, 0.6) is 11.5 Å². The van der Waals surface area contributed by atoms with Gasteiger partial charge in [0.2, 0.25) is 0 Å². The van der Waals surface area contributed by atoms with Crippen LogP contribution >= 0.6 is 0 Å². The number of fused-ring (bicyclic) bond motifs is 1. The van der Waals surface area contributed by atoms with Gasteiger partial charge in [0, 0.05) is 17.3 Å². The highest BCUT2D eigenvalue weighted by Gasteiger charge is 2.32. The van der Waals surface area contributed by atoms with Crippen LogP contribution in [0.25, 0.3) is 0 Å². The molecule has 0 saturated heterocycles. The van der Waals surface area contributed by atoms with Crippen LogP contribution < -0.4 is 20.1 Å². The van der Waals surface area contributed by atoms with Crippen LogP contribution in [0.2, 0.25) is 0 Å². The molecular weight excluding hydrogens is 470 g/mol. The third-order valence-corrected chi connectivity index (χ3v) is 6.14. The number of para-hydroxylation sites is 2. The lowest BCUT2D eigenvalue weighted by molar-refractivity contribution is -0.142. The van der Waals surface area contributed by atoms with Crippen LogP contribution in [0.3, 0.4) is 0 Å². The molecule has 0 aromatic heterocycles. The average Bonchev–Trinajstić information content (AvgIpc) is 2.83. The standard InChI is InChI=1S/C27H26F2N2O5/c1-15-24(36-23-7-5-4-6-22(23)30-15)14-35-17-9-10-18(21(29)13-17)25(32)31-16-8-11-20(28)19(12-16)27(2,3)26(33)34/h4-13,15,24,30H,14H2,1-3H3,(H,31,32)(H,33,34)/t15?,24-/m1/s1. The van der Waals surface area contributed by atoms with Gasteiger partial charge in [0.1, 0.15) is 29.7 Å². The van der Waals surface area contributed by atoms with Crippen molar-refractivity contribution in [3.05, 3.63) is 83.4 Å². The number of nitrogens with one attached hydrogen (secondary N) is 2. The Hall–Kier alpha value is -4.14. The van der Waals surface area contributed by atoms with Gasteiger partial charge in [0.05, 0.1) is 22.7 Å². The predicted molar refractivity (Wildman–Crippen MR) is 131 cm³/mol. The zero-order valence-corrected chi connectivity index (χ0v) is 20.0. The molecule has 1 amide bonds. The van der Waals surface area contributed by atoms with Crippen LogP contribution in [-0.2, 0) is 10.2 Å². The summed E-state index contributed by atoms with van der Waals surface area (Å²) >= 11 is 0. The Bertz CT molecular complexity index is 1310. The van der Waals surface area contributed by atoms with Gasteiger partial charge in [-0.2, -0.15) is 0 Å². The fraction of sp³-hybridized carbons (Fsp3) is 0.259. The van der Waals surface area contributed by atoms with Gasteiger partial charge in [-0.1, -0.05) is 12.1 Å². The van der Waals surface area contributed by atoms with Crippen molar-refractivity contribution in [2.24, 2.45) is 0 Å². The molecule has 0 saturated carbocycles. The number of carbonyl (C=O) groups excluding carboxylic acids is 1. The Labute approximate surface area is 207 Å². The molecule has 1 aliphatic heterocycles. The smallest absolute Gasteiger partial charge is 0.313 e. The zero-order chi connectivity index (χ0) is 26.0. The Morgan fingerprint density at radius 3 is 2.56 bits per heavy atom. The first kappa shape index (κ1) is 25.0. The molecule has 1 heterocycles. The molecule has 0 aliphatic carbocycles. The molecule has 4 rings (SSSR count). The van der Waals surface area contributed by atoms with E-state index in [0.29, 0.717) is 5.75 Å². The first-order valence-corrected chi connectivity index (χ1v) is 11.4. The monoisotopic (exact) mass is 496 g/mol. The first-order valence-electron chi connectivity index (χ1n) is 11.4. The van der Waals surface area contributed by atoms with Crippen molar-refractivity contribution < 1.29 is 33.0 Å². The summed E-state index contributed by atoms with van der Waals surface area (Å²) in [5.74, 6) is -2.58. The molecule has 3 N–H and O–H groups in total. The van der Waals surface area contributed by atoms with Gasteiger partial charge in [-0.25, -0.2) is 8.78 Å². The van der Waals surface area contributed by atoms with E-state index in [4.69, 9.17) is 9.47 Å². The lowest BCUT2D eigenvalue weighted by atomic mass is 9.84. The van der Waals surface area contributed by atoms with Crippen molar-refractivity contribution in [2.75, 3.05) is 17.2 Å². The second kappa shape index (κ2) is 9.85. The quantitative estimate of drug-likeness (QED) is 0.415. The molecule has 9 heteroatoms. The minimum Gasteiger partial charge on any atom is -0.490 e. The summed E-state index contributed by atoms with van der Waals surface area (Å²) in [4.78, 5) is 24.2. The Kier molecular flexibility index (Phi) is 6.83. The predicted octanol–water partition coefficient (Wildman–Crippen LogP) is 5.22. The number of carboxylic acids is 1. The number of amides is 1. The van der Waals surface area contributed by atoms with Crippen molar-refractivity contribution in [2.45, 2.75) is 38.3 Å². The van der Waals surface area contributed by atoms with E-state index in [9.17, 15) is 23.5 Å². The fourth-order valence-electron chi connectivity index (χ4n) is 3.81.